The summed E-state index contributed by atoms with van der Waals surface area (Å²) in [6, 6.07) is 3.29. The molecule has 2 rings (SSSR count). The maximum atomic E-state index is 11.4. The number of nitrogens with zero attached hydrogens (tertiary/aromatic N) is 2. The smallest absolute Gasteiger partial charge is 0.323 e. The zero-order valence-corrected chi connectivity index (χ0v) is 10.8. The first-order valence-electron chi connectivity index (χ1n) is 6.21. The van der Waals surface area contributed by atoms with Crippen molar-refractivity contribution < 1.29 is 14.7 Å². The van der Waals surface area contributed by atoms with E-state index in [9.17, 15) is 9.59 Å². The normalized spacial score (nSPS) is 14.2. The standard InChI is InChI=1S/C13H17N3O3/c1-8-2-5-10(12(14)19)13(15-8)16(7-11(17)18)6-9-3-4-9/h2,5,9H,3-4,6-7H2,1H3,(H2,14,19)(H,17,18). The Balaban J connectivity index is 2.34. The number of pyridine rings is 1. The van der Waals surface area contributed by atoms with E-state index in [0.29, 0.717) is 18.3 Å². The molecule has 1 fully saturated rings. The van der Waals surface area contributed by atoms with Gasteiger partial charge in [0.1, 0.15) is 12.4 Å². The average molecular weight is 263 g/mol. The first kappa shape index (κ1) is 13.3. The summed E-state index contributed by atoms with van der Waals surface area (Å²) in [5.74, 6) is -0.669. The first-order chi connectivity index (χ1) is 8.97. The third-order valence-electron chi connectivity index (χ3n) is 3.08. The van der Waals surface area contributed by atoms with Gasteiger partial charge in [0.2, 0.25) is 0 Å². The molecule has 0 bridgehead atoms. The maximum absolute atomic E-state index is 11.4. The van der Waals surface area contributed by atoms with E-state index in [4.69, 9.17) is 10.8 Å². The molecule has 0 aliphatic heterocycles. The number of carbonyl (C=O) groups excluding carboxylic acids is 1. The predicted molar refractivity (Wildman–Crippen MR) is 70.1 cm³/mol. The van der Waals surface area contributed by atoms with Crippen LogP contribution in [0.4, 0.5) is 5.82 Å². The van der Waals surface area contributed by atoms with Gasteiger partial charge in [-0.2, -0.15) is 0 Å². The molecule has 0 radical (unpaired) electrons. The van der Waals surface area contributed by atoms with Crippen molar-refractivity contribution in [2.24, 2.45) is 11.7 Å². The number of aryl methyl sites for hydroxylation is 1. The largest absolute Gasteiger partial charge is 0.480 e. The summed E-state index contributed by atoms with van der Waals surface area (Å²) < 4.78 is 0. The molecule has 6 nitrogen and oxygen atoms in total. The van der Waals surface area contributed by atoms with Gasteiger partial charge in [0, 0.05) is 12.2 Å². The van der Waals surface area contributed by atoms with Gasteiger partial charge in [0.15, 0.2) is 0 Å². The second-order valence-corrected chi connectivity index (χ2v) is 4.91. The molecule has 3 N–H and O–H groups in total. The molecular formula is C13H17N3O3. The second-order valence-electron chi connectivity index (χ2n) is 4.91. The second kappa shape index (κ2) is 5.26. The van der Waals surface area contributed by atoms with E-state index in [1.54, 1.807) is 24.0 Å². The molecule has 1 aromatic heterocycles. The van der Waals surface area contributed by atoms with Gasteiger partial charge in [-0.25, -0.2) is 4.98 Å². The molecule has 1 saturated carbocycles. The fraction of sp³-hybridized carbons (Fsp3) is 0.462. The molecule has 1 heterocycles. The SMILES string of the molecule is Cc1ccc(C(N)=O)c(N(CC(=O)O)CC2CC2)n1. The third-order valence-corrected chi connectivity index (χ3v) is 3.08. The van der Waals surface area contributed by atoms with Crippen molar-refractivity contribution >= 4 is 17.7 Å². The van der Waals surface area contributed by atoms with Crippen molar-refractivity contribution in [1.29, 1.82) is 0 Å². The van der Waals surface area contributed by atoms with Gasteiger partial charge < -0.3 is 15.7 Å². The van der Waals surface area contributed by atoms with E-state index in [0.717, 1.165) is 18.5 Å². The van der Waals surface area contributed by atoms with Gasteiger partial charge in [-0.3, -0.25) is 9.59 Å². The Morgan fingerprint density at radius 2 is 2.16 bits per heavy atom. The van der Waals surface area contributed by atoms with Crippen molar-refractivity contribution in [2.75, 3.05) is 18.0 Å². The fourth-order valence-electron chi connectivity index (χ4n) is 1.98. The van der Waals surface area contributed by atoms with Crippen molar-refractivity contribution in [3.05, 3.63) is 23.4 Å². The lowest BCUT2D eigenvalue weighted by atomic mass is 10.2. The van der Waals surface area contributed by atoms with E-state index < -0.39 is 11.9 Å². The quantitative estimate of drug-likeness (QED) is 0.791. The minimum atomic E-state index is -0.945. The number of hydrogen-bond acceptors (Lipinski definition) is 4. The van der Waals surface area contributed by atoms with E-state index in [1.165, 1.54) is 0 Å². The first-order valence-corrected chi connectivity index (χ1v) is 6.21. The predicted octanol–water partition coefficient (Wildman–Crippen LogP) is 0.790. The van der Waals surface area contributed by atoms with Gasteiger partial charge in [-0.1, -0.05) is 0 Å². The molecule has 1 aliphatic rings. The Kier molecular flexibility index (Phi) is 3.69. The zero-order chi connectivity index (χ0) is 14.0. The fourth-order valence-corrected chi connectivity index (χ4v) is 1.98. The summed E-state index contributed by atoms with van der Waals surface area (Å²) in [6.07, 6.45) is 2.18. The van der Waals surface area contributed by atoms with Crippen molar-refractivity contribution in [2.45, 2.75) is 19.8 Å². The number of amides is 1. The molecule has 1 aromatic rings. The Hall–Kier alpha value is -2.11. The maximum Gasteiger partial charge on any atom is 0.323 e. The van der Waals surface area contributed by atoms with Crippen LogP contribution in [0.25, 0.3) is 0 Å². The van der Waals surface area contributed by atoms with Crippen LogP contribution in [0, 0.1) is 12.8 Å². The van der Waals surface area contributed by atoms with Crippen LogP contribution in [-0.2, 0) is 4.79 Å². The highest BCUT2D eigenvalue weighted by Crippen LogP contribution is 2.31. The lowest BCUT2D eigenvalue weighted by Crippen LogP contribution is -2.34. The minimum absolute atomic E-state index is 0.173. The molecule has 102 valence electrons. The number of hydrogen-bond donors (Lipinski definition) is 2. The van der Waals surface area contributed by atoms with Crippen LogP contribution in [0.1, 0.15) is 28.9 Å². The van der Waals surface area contributed by atoms with Crippen LogP contribution in [0.3, 0.4) is 0 Å². The molecular weight excluding hydrogens is 246 g/mol. The summed E-state index contributed by atoms with van der Waals surface area (Å²) in [6.45, 7) is 2.22. The number of primary amides is 1. The van der Waals surface area contributed by atoms with Crippen LogP contribution in [0.5, 0.6) is 0 Å². The van der Waals surface area contributed by atoms with Gasteiger partial charge in [0.25, 0.3) is 5.91 Å². The molecule has 0 spiro atoms. The Morgan fingerprint density at radius 3 is 2.68 bits per heavy atom. The number of anilines is 1. The lowest BCUT2D eigenvalue weighted by molar-refractivity contribution is -0.135. The Labute approximate surface area is 111 Å². The summed E-state index contributed by atoms with van der Waals surface area (Å²) >= 11 is 0. The van der Waals surface area contributed by atoms with E-state index >= 15 is 0 Å². The van der Waals surface area contributed by atoms with Gasteiger partial charge in [0.05, 0.1) is 5.56 Å². The van der Waals surface area contributed by atoms with Gasteiger partial charge in [-0.05, 0) is 37.8 Å². The summed E-state index contributed by atoms with van der Waals surface area (Å²) in [5, 5.41) is 8.99. The molecule has 0 saturated heterocycles. The van der Waals surface area contributed by atoms with Gasteiger partial charge in [-0.15, -0.1) is 0 Å². The molecule has 0 aromatic carbocycles. The lowest BCUT2D eigenvalue weighted by Gasteiger charge is -2.23. The number of aliphatic carboxylic acids is 1. The highest BCUT2D eigenvalue weighted by atomic mass is 16.4. The minimum Gasteiger partial charge on any atom is -0.480 e. The van der Waals surface area contributed by atoms with Crippen molar-refractivity contribution in [3.8, 4) is 0 Å². The average Bonchev–Trinajstić information content (AvgIpc) is 3.11. The number of nitrogens with two attached hydrogens (primary N) is 1. The summed E-state index contributed by atoms with van der Waals surface area (Å²) in [4.78, 5) is 28.3. The molecule has 1 amide bonds. The van der Waals surface area contributed by atoms with Crippen LogP contribution in [-0.4, -0.2) is 35.1 Å². The number of rotatable bonds is 6. The Morgan fingerprint density at radius 1 is 1.47 bits per heavy atom. The van der Waals surface area contributed by atoms with Crippen LogP contribution >= 0.6 is 0 Å². The molecule has 0 atom stereocenters. The van der Waals surface area contributed by atoms with Gasteiger partial charge >= 0.3 is 5.97 Å². The molecule has 1 aliphatic carbocycles. The van der Waals surface area contributed by atoms with Crippen molar-refractivity contribution in [3.63, 3.8) is 0 Å². The highest BCUT2D eigenvalue weighted by molar-refractivity contribution is 5.98. The van der Waals surface area contributed by atoms with E-state index in [2.05, 4.69) is 4.98 Å². The monoisotopic (exact) mass is 263 g/mol. The van der Waals surface area contributed by atoms with Crippen molar-refractivity contribution in [1.82, 2.24) is 4.98 Å². The van der Waals surface area contributed by atoms with E-state index in [-0.39, 0.29) is 12.1 Å². The summed E-state index contributed by atoms with van der Waals surface area (Å²) in [7, 11) is 0. The van der Waals surface area contributed by atoms with Crippen LogP contribution in [0.15, 0.2) is 12.1 Å². The third kappa shape index (κ3) is 3.43. The zero-order valence-electron chi connectivity index (χ0n) is 10.8. The van der Waals surface area contributed by atoms with Crippen LogP contribution in [0.2, 0.25) is 0 Å². The summed E-state index contributed by atoms with van der Waals surface area (Å²) in [5.41, 5.74) is 6.33. The molecule has 19 heavy (non-hydrogen) atoms. The number of aromatic nitrogens is 1. The van der Waals surface area contributed by atoms with E-state index in [1.807, 2.05) is 0 Å². The number of carboxylic acids is 1. The molecule has 6 heteroatoms. The topological polar surface area (TPSA) is 96.5 Å². The number of carbonyl (C=O) groups is 2. The Bertz CT molecular complexity index is 512. The highest BCUT2D eigenvalue weighted by Gasteiger charge is 2.28. The number of carboxylic acid groups (broad SMARTS) is 1. The molecule has 0 unspecified atom stereocenters. The van der Waals surface area contributed by atoms with Crippen LogP contribution < -0.4 is 10.6 Å².